The van der Waals surface area contributed by atoms with Crippen molar-refractivity contribution in [2.45, 2.75) is 6.04 Å². The Kier molecular flexibility index (Phi) is 3.26. The van der Waals surface area contributed by atoms with E-state index in [1.165, 1.54) is 15.9 Å². The molecule has 2 aromatic rings. The van der Waals surface area contributed by atoms with E-state index >= 15 is 0 Å². The normalized spacial score (nSPS) is 17.8. The highest BCUT2D eigenvalue weighted by molar-refractivity contribution is 6.02. The molecule has 9 nitrogen and oxygen atoms in total. The van der Waals surface area contributed by atoms with Crippen LogP contribution in [0.1, 0.15) is 10.5 Å². The topological polar surface area (TPSA) is 100 Å². The molecular weight excluding hydrogens is 312 g/mol. The van der Waals surface area contributed by atoms with E-state index in [0.29, 0.717) is 13.1 Å². The fourth-order valence-corrected chi connectivity index (χ4v) is 2.80. The first-order valence-corrected chi connectivity index (χ1v) is 7.50. The third-order valence-electron chi connectivity index (χ3n) is 4.09. The number of likely N-dealkylation sites (tertiary alicyclic amines) is 1. The minimum atomic E-state index is -0.396. The minimum absolute atomic E-state index is 0.0225. The van der Waals surface area contributed by atoms with Crippen LogP contribution in [0.25, 0.3) is 5.69 Å². The Balaban J connectivity index is 1.42. The molecule has 0 bridgehead atoms. The monoisotopic (exact) mass is 326 g/mol. The molecule has 2 aliphatic rings. The number of nitrogens with one attached hydrogen (secondary N) is 1. The number of nitrogens with zero attached hydrogens (tertiary/aromatic N) is 5. The van der Waals surface area contributed by atoms with Crippen LogP contribution >= 0.6 is 0 Å². The summed E-state index contributed by atoms with van der Waals surface area (Å²) in [6, 6.07) is 8.61. The number of rotatable bonds is 3. The number of carbonyl (C=O) groups is 3. The van der Waals surface area contributed by atoms with Crippen molar-refractivity contribution in [2.75, 3.05) is 19.6 Å². The molecule has 1 aromatic heterocycles. The van der Waals surface area contributed by atoms with Crippen molar-refractivity contribution >= 4 is 17.8 Å². The number of amides is 4. The van der Waals surface area contributed by atoms with Crippen LogP contribution in [-0.2, 0) is 4.79 Å². The van der Waals surface area contributed by atoms with Gasteiger partial charge in [-0.15, -0.1) is 5.10 Å². The SMILES string of the molecule is O=C(c1cnn(-c2ccccc2)n1)N1CC(N2C(=O)CNC2=O)C1. The highest BCUT2D eigenvalue weighted by atomic mass is 16.2. The second kappa shape index (κ2) is 5.44. The summed E-state index contributed by atoms with van der Waals surface area (Å²) >= 11 is 0. The molecule has 3 heterocycles. The summed E-state index contributed by atoms with van der Waals surface area (Å²) in [7, 11) is 0. The van der Waals surface area contributed by atoms with E-state index in [1.54, 1.807) is 4.90 Å². The molecule has 2 saturated heterocycles. The van der Waals surface area contributed by atoms with E-state index in [9.17, 15) is 14.4 Å². The van der Waals surface area contributed by atoms with E-state index in [4.69, 9.17) is 0 Å². The minimum Gasteiger partial charge on any atom is -0.333 e. The van der Waals surface area contributed by atoms with Gasteiger partial charge in [0.05, 0.1) is 24.5 Å². The first-order chi connectivity index (χ1) is 11.6. The molecule has 9 heteroatoms. The van der Waals surface area contributed by atoms with Gasteiger partial charge in [0.1, 0.15) is 0 Å². The first kappa shape index (κ1) is 14.4. The molecule has 0 unspecified atom stereocenters. The maximum Gasteiger partial charge on any atom is 0.324 e. The van der Waals surface area contributed by atoms with Crippen LogP contribution in [0.2, 0.25) is 0 Å². The Labute approximate surface area is 136 Å². The molecule has 1 N–H and O–H groups in total. The second-order valence-electron chi connectivity index (χ2n) is 5.64. The third-order valence-corrected chi connectivity index (χ3v) is 4.09. The zero-order valence-electron chi connectivity index (χ0n) is 12.6. The van der Waals surface area contributed by atoms with Gasteiger partial charge in [-0.05, 0) is 12.1 Å². The lowest BCUT2D eigenvalue weighted by Crippen LogP contribution is -2.62. The number of urea groups is 1. The number of aromatic nitrogens is 3. The molecule has 2 fully saturated rings. The lowest BCUT2D eigenvalue weighted by Gasteiger charge is -2.42. The first-order valence-electron chi connectivity index (χ1n) is 7.50. The Bertz CT molecular complexity index is 796. The van der Waals surface area contributed by atoms with E-state index < -0.39 is 6.03 Å². The molecule has 0 aliphatic carbocycles. The number of benzene rings is 1. The van der Waals surface area contributed by atoms with E-state index in [0.717, 1.165) is 5.69 Å². The lowest BCUT2D eigenvalue weighted by atomic mass is 10.1. The van der Waals surface area contributed by atoms with Gasteiger partial charge in [-0.25, -0.2) is 4.79 Å². The van der Waals surface area contributed by atoms with Crippen LogP contribution in [0.4, 0.5) is 4.79 Å². The van der Waals surface area contributed by atoms with Crippen molar-refractivity contribution in [1.82, 2.24) is 30.1 Å². The molecular formula is C15H14N6O3. The average molecular weight is 326 g/mol. The van der Waals surface area contributed by atoms with Crippen LogP contribution in [-0.4, -0.2) is 68.3 Å². The van der Waals surface area contributed by atoms with Gasteiger partial charge in [-0.2, -0.15) is 9.90 Å². The predicted octanol–water partition coefficient (Wildman–Crippen LogP) is -0.356. The standard InChI is InChI=1S/C15H14N6O3/c22-13-7-16-15(24)20(13)11-8-19(9-11)14(23)12-6-17-21(18-12)10-4-2-1-3-5-10/h1-6,11H,7-9H2,(H,16,24). The molecule has 24 heavy (non-hydrogen) atoms. The molecule has 122 valence electrons. The zero-order valence-corrected chi connectivity index (χ0v) is 12.6. The molecule has 1 aromatic carbocycles. The summed E-state index contributed by atoms with van der Waals surface area (Å²) in [5, 5.41) is 10.8. The maximum absolute atomic E-state index is 12.4. The summed E-state index contributed by atoms with van der Waals surface area (Å²) in [5.74, 6) is -0.521. The van der Waals surface area contributed by atoms with Crippen LogP contribution in [0.15, 0.2) is 36.5 Å². The summed E-state index contributed by atoms with van der Waals surface area (Å²) < 4.78 is 0. The van der Waals surface area contributed by atoms with Crippen LogP contribution < -0.4 is 5.32 Å². The van der Waals surface area contributed by atoms with Crippen molar-refractivity contribution < 1.29 is 14.4 Å². The number of para-hydroxylation sites is 1. The molecule has 0 spiro atoms. The molecule has 4 rings (SSSR count). The quantitative estimate of drug-likeness (QED) is 0.777. The Hall–Kier alpha value is -3.23. The molecule has 0 atom stereocenters. The molecule has 0 radical (unpaired) electrons. The van der Waals surface area contributed by atoms with Gasteiger partial charge in [0.2, 0.25) is 5.91 Å². The average Bonchev–Trinajstić information content (AvgIpc) is 3.16. The zero-order chi connectivity index (χ0) is 16.7. The van der Waals surface area contributed by atoms with Crippen LogP contribution in [0.3, 0.4) is 0 Å². The Morgan fingerprint density at radius 2 is 1.92 bits per heavy atom. The fraction of sp³-hybridized carbons (Fsp3) is 0.267. The maximum atomic E-state index is 12.4. The molecule has 4 amide bonds. The molecule has 0 saturated carbocycles. The fourth-order valence-electron chi connectivity index (χ4n) is 2.80. The number of hydrogen-bond donors (Lipinski definition) is 1. The van der Waals surface area contributed by atoms with Gasteiger partial charge < -0.3 is 10.2 Å². The van der Waals surface area contributed by atoms with Crippen LogP contribution in [0, 0.1) is 0 Å². The number of imide groups is 1. The highest BCUT2D eigenvalue weighted by Gasteiger charge is 2.43. The van der Waals surface area contributed by atoms with E-state index in [1.807, 2.05) is 30.3 Å². The second-order valence-corrected chi connectivity index (χ2v) is 5.64. The number of hydrogen-bond acceptors (Lipinski definition) is 5. The van der Waals surface area contributed by atoms with Crippen molar-refractivity contribution in [2.24, 2.45) is 0 Å². The Morgan fingerprint density at radius 1 is 1.17 bits per heavy atom. The van der Waals surface area contributed by atoms with Crippen molar-refractivity contribution in [1.29, 1.82) is 0 Å². The Morgan fingerprint density at radius 3 is 2.58 bits per heavy atom. The number of carbonyl (C=O) groups excluding carboxylic acids is 3. The van der Waals surface area contributed by atoms with E-state index in [-0.39, 0.29) is 30.1 Å². The van der Waals surface area contributed by atoms with Gasteiger partial charge in [0.25, 0.3) is 5.91 Å². The van der Waals surface area contributed by atoms with Gasteiger partial charge in [0, 0.05) is 13.1 Å². The van der Waals surface area contributed by atoms with E-state index in [2.05, 4.69) is 15.5 Å². The van der Waals surface area contributed by atoms with Gasteiger partial charge in [-0.1, -0.05) is 18.2 Å². The summed E-state index contributed by atoms with van der Waals surface area (Å²) in [6.45, 7) is 0.654. The highest BCUT2D eigenvalue weighted by Crippen LogP contribution is 2.19. The largest absolute Gasteiger partial charge is 0.333 e. The van der Waals surface area contributed by atoms with Crippen molar-refractivity contribution in [3.05, 3.63) is 42.2 Å². The predicted molar refractivity (Wildman–Crippen MR) is 81.3 cm³/mol. The summed E-state index contributed by atoms with van der Waals surface area (Å²) in [5.41, 5.74) is 0.992. The molecule has 2 aliphatic heterocycles. The van der Waals surface area contributed by atoms with Crippen molar-refractivity contribution in [3.8, 4) is 5.69 Å². The lowest BCUT2D eigenvalue weighted by molar-refractivity contribution is -0.128. The summed E-state index contributed by atoms with van der Waals surface area (Å²) in [6.07, 6.45) is 1.41. The summed E-state index contributed by atoms with van der Waals surface area (Å²) in [4.78, 5) is 39.8. The van der Waals surface area contributed by atoms with Gasteiger partial charge in [-0.3, -0.25) is 14.5 Å². The smallest absolute Gasteiger partial charge is 0.324 e. The third kappa shape index (κ3) is 2.30. The van der Waals surface area contributed by atoms with Crippen LogP contribution in [0.5, 0.6) is 0 Å². The van der Waals surface area contributed by atoms with Crippen molar-refractivity contribution in [3.63, 3.8) is 0 Å². The van der Waals surface area contributed by atoms with Gasteiger partial charge in [0.15, 0.2) is 5.69 Å². The van der Waals surface area contributed by atoms with Gasteiger partial charge >= 0.3 is 6.03 Å².